The Balaban J connectivity index is 1.88. The van der Waals surface area contributed by atoms with E-state index in [4.69, 9.17) is 0 Å². The Morgan fingerprint density at radius 1 is 1.14 bits per heavy atom. The van der Waals surface area contributed by atoms with Crippen molar-refractivity contribution in [3.8, 4) is 0 Å². The molecule has 0 atom stereocenters. The third-order valence-corrected chi connectivity index (χ3v) is 6.93. The summed E-state index contributed by atoms with van der Waals surface area (Å²) in [5.74, 6) is -0.314. The standard InChI is InChI=1S/C19H21N3O5S/c1-3-20(4-2)28(26,27)17-9-6-15(7-10-17)19(23)21-12-11-14-5-8-16(22(24)25)13-18(14)21/h5-10,13H,3-4,11-12H2,1-2H3. The van der Waals surface area contributed by atoms with Gasteiger partial charge in [-0.05, 0) is 36.2 Å². The van der Waals surface area contributed by atoms with Crippen LogP contribution in [0.3, 0.4) is 0 Å². The maximum Gasteiger partial charge on any atom is 0.271 e. The number of hydrogen-bond donors (Lipinski definition) is 0. The van der Waals surface area contributed by atoms with E-state index in [1.165, 1.54) is 45.6 Å². The van der Waals surface area contributed by atoms with Crippen molar-refractivity contribution >= 4 is 27.3 Å². The number of nitro benzene ring substituents is 1. The Morgan fingerprint density at radius 2 is 1.79 bits per heavy atom. The molecule has 0 N–H and O–H groups in total. The second kappa shape index (κ2) is 7.69. The van der Waals surface area contributed by atoms with Gasteiger partial charge in [0.2, 0.25) is 10.0 Å². The van der Waals surface area contributed by atoms with Crippen molar-refractivity contribution in [3.63, 3.8) is 0 Å². The molecule has 0 fully saturated rings. The Bertz CT molecular complexity index is 1010. The summed E-state index contributed by atoms with van der Waals surface area (Å²) in [6.07, 6.45) is 0.619. The first-order chi connectivity index (χ1) is 13.3. The molecule has 1 aliphatic rings. The summed E-state index contributed by atoms with van der Waals surface area (Å²) in [4.78, 5) is 25.1. The second-order valence-electron chi connectivity index (χ2n) is 6.39. The van der Waals surface area contributed by atoms with Crippen LogP contribution in [0.1, 0.15) is 29.8 Å². The van der Waals surface area contributed by atoms with Gasteiger partial charge in [0, 0.05) is 37.3 Å². The van der Waals surface area contributed by atoms with Gasteiger partial charge in [-0.3, -0.25) is 14.9 Å². The van der Waals surface area contributed by atoms with Crippen LogP contribution in [0.2, 0.25) is 0 Å². The summed E-state index contributed by atoms with van der Waals surface area (Å²) >= 11 is 0. The summed E-state index contributed by atoms with van der Waals surface area (Å²) < 4.78 is 26.5. The van der Waals surface area contributed by atoms with E-state index in [1.54, 1.807) is 19.9 Å². The highest BCUT2D eigenvalue weighted by molar-refractivity contribution is 7.89. The summed E-state index contributed by atoms with van der Waals surface area (Å²) in [5, 5.41) is 11.0. The smallest absolute Gasteiger partial charge is 0.271 e. The van der Waals surface area contributed by atoms with Crippen molar-refractivity contribution in [2.45, 2.75) is 25.2 Å². The highest BCUT2D eigenvalue weighted by atomic mass is 32.2. The van der Waals surface area contributed by atoms with Gasteiger partial charge in [0.05, 0.1) is 15.5 Å². The van der Waals surface area contributed by atoms with E-state index in [9.17, 15) is 23.3 Å². The fourth-order valence-electron chi connectivity index (χ4n) is 3.33. The second-order valence-corrected chi connectivity index (χ2v) is 8.33. The molecule has 0 aromatic heterocycles. The molecule has 0 saturated carbocycles. The zero-order valence-electron chi connectivity index (χ0n) is 15.7. The highest BCUT2D eigenvalue weighted by Crippen LogP contribution is 2.32. The molecule has 0 bridgehead atoms. The van der Waals surface area contributed by atoms with E-state index in [2.05, 4.69) is 0 Å². The first-order valence-electron chi connectivity index (χ1n) is 8.99. The van der Waals surface area contributed by atoms with E-state index in [0.29, 0.717) is 37.3 Å². The molecule has 8 nitrogen and oxygen atoms in total. The molecule has 0 spiro atoms. The average molecular weight is 403 g/mol. The maximum absolute atomic E-state index is 12.9. The lowest BCUT2D eigenvalue weighted by molar-refractivity contribution is -0.384. The molecule has 1 amide bonds. The number of fused-ring (bicyclic) bond motifs is 1. The topological polar surface area (TPSA) is 101 Å². The monoisotopic (exact) mass is 403 g/mol. The number of nitro groups is 1. The first kappa shape index (κ1) is 20.0. The van der Waals surface area contributed by atoms with Crippen molar-refractivity contribution in [1.29, 1.82) is 0 Å². The van der Waals surface area contributed by atoms with Gasteiger partial charge in [0.25, 0.3) is 11.6 Å². The lowest BCUT2D eigenvalue weighted by atomic mass is 10.1. The number of rotatable bonds is 6. The summed E-state index contributed by atoms with van der Waals surface area (Å²) in [6, 6.07) is 10.3. The van der Waals surface area contributed by atoms with Gasteiger partial charge in [-0.1, -0.05) is 19.9 Å². The Hall–Kier alpha value is -2.78. The number of anilines is 1. The van der Waals surface area contributed by atoms with E-state index in [0.717, 1.165) is 5.56 Å². The van der Waals surface area contributed by atoms with Crippen LogP contribution in [-0.2, 0) is 16.4 Å². The SMILES string of the molecule is CCN(CC)S(=O)(=O)c1ccc(C(=O)N2CCc3ccc([N+](=O)[O-])cc32)cc1. The number of hydrogen-bond acceptors (Lipinski definition) is 5. The van der Waals surface area contributed by atoms with E-state index >= 15 is 0 Å². The number of nitrogens with zero attached hydrogens (tertiary/aromatic N) is 3. The molecular formula is C19H21N3O5S. The number of benzene rings is 2. The first-order valence-corrected chi connectivity index (χ1v) is 10.4. The normalized spacial score (nSPS) is 13.6. The number of carbonyl (C=O) groups is 1. The van der Waals surface area contributed by atoms with Crippen molar-refractivity contribution < 1.29 is 18.1 Å². The lowest BCUT2D eigenvalue weighted by Crippen LogP contribution is -2.31. The fourth-order valence-corrected chi connectivity index (χ4v) is 4.79. The van der Waals surface area contributed by atoms with Crippen LogP contribution >= 0.6 is 0 Å². The van der Waals surface area contributed by atoms with Crippen LogP contribution in [-0.4, -0.2) is 43.2 Å². The highest BCUT2D eigenvalue weighted by Gasteiger charge is 2.28. The van der Waals surface area contributed by atoms with Gasteiger partial charge >= 0.3 is 0 Å². The zero-order chi connectivity index (χ0) is 20.5. The largest absolute Gasteiger partial charge is 0.308 e. The summed E-state index contributed by atoms with van der Waals surface area (Å²) in [7, 11) is -3.59. The Labute approximate surface area is 163 Å². The van der Waals surface area contributed by atoms with Crippen molar-refractivity contribution in [2.75, 3.05) is 24.5 Å². The van der Waals surface area contributed by atoms with Crippen molar-refractivity contribution in [3.05, 3.63) is 63.7 Å². The van der Waals surface area contributed by atoms with E-state index in [1.807, 2.05) is 0 Å². The summed E-state index contributed by atoms with van der Waals surface area (Å²) in [6.45, 7) is 4.69. The van der Waals surface area contributed by atoms with Gasteiger partial charge < -0.3 is 4.90 Å². The molecule has 148 valence electrons. The molecule has 2 aromatic carbocycles. The minimum atomic E-state index is -3.59. The maximum atomic E-state index is 12.9. The van der Waals surface area contributed by atoms with Crippen LogP contribution in [0.25, 0.3) is 0 Å². The van der Waals surface area contributed by atoms with Gasteiger partial charge in [-0.25, -0.2) is 8.42 Å². The van der Waals surface area contributed by atoms with E-state index in [-0.39, 0.29) is 16.5 Å². The minimum Gasteiger partial charge on any atom is -0.308 e. The van der Waals surface area contributed by atoms with Crippen LogP contribution in [0, 0.1) is 10.1 Å². The molecule has 1 aliphatic heterocycles. The number of carbonyl (C=O) groups excluding carboxylic acids is 1. The predicted molar refractivity (Wildman–Crippen MR) is 105 cm³/mol. The van der Waals surface area contributed by atoms with Crippen LogP contribution in [0.4, 0.5) is 11.4 Å². The lowest BCUT2D eigenvalue weighted by Gasteiger charge is -2.19. The zero-order valence-corrected chi connectivity index (χ0v) is 16.5. The van der Waals surface area contributed by atoms with Gasteiger partial charge in [0.1, 0.15) is 0 Å². The third-order valence-electron chi connectivity index (χ3n) is 4.86. The van der Waals surface area contributed by atoms with Crippen LogP contribution in [0.5, 0.6) is 0 Å². The minimum absolute atomic E-state index is 0.0703. The third kappa shape index (κ3) is 3.50. The number of non-ortho nitro benzene ring substituents is 1. The molecule has 0 radical (unpaired) electrons. The average Bonchev–Trinajstić information content (AvgIpc) is 3.11. The fraction of sp³-hybridized carbons (Fsp3) is 0.316. The van der Waals surface area contributed by atoms with Gasteiger partial charge in [-0.15, -0.1) is 0 Å². The van der Waals surface area contributed by atoms with Gasteiger partial charge in [0.15, 0.2) is 0 Å². The van der Waals surface area contributed by atoms with Crippen molar-refractivity contribution in [2.24, 2.45) is 0 Å². The summed E-state index contributed by atoms with van der Waals surface area (Å²) in [5.41, 5.74) is 1.66. The number of sulfonamides is 1. The molecule has 3 rings (SSSR count). The van der Waals surface area contributed by atoms with Gasteiger partial charge in [-0.2, -0.15) is 4.31 Å². The van der Waals surface area contributed by atoms with E-state index < -0.39 is 14.9 Å². The molecule has 0 saturated heterocycles. The molecule has 1 heterocycles. The number of amides is 1. The Kier molecular flexibility index (Phi) is 5.48. The molecule has 0 aliphatic carbocycles. The molecular weight excluding hydrogens is 382 g/mol. The molecule has 2 aromatic rings. The molecule has 28 heavy (non-hydrogen) atoms. The van der Waals surface area contributed by atoms with Crippen LogP contribution in [0.15, 0.2) is 47.4 Å². The predicted octanol–water partition coefficient (Wildman–Crippen LogP) is 2.83. The van der Waals surface area contributed by atoms with Crippen LogP contribution < -0.4 is 4.90 Å². The Morgan fingerprint density at radius 3 is 2.36 bits per heavy atom. The molecule has 0 unspecified atom stereocenters. The van der Waals surface area contributed by atoms with Crippen molar-refractivity contribution in [1.82, 2.24) is 4.31 Å². The molecule has 9 heteroatoms. The quantitative estimate of drug-likeness (QED) is 0.545.